The molecule has 1 saturated heterocycles. The number of benzene rings is 2. The number of carbonyl (C=O) groups excluding carboxylic acids is 3. The molecule has 1 heterocycles. The van der Waals surface area contributed by atoms with Gasteiger partial charge in [0, 0.05) is 11.1 Å². The zero-order chi connectivity index (χ0) is 18.0. The number of anilines is 1. The minimum atomic E-state index is -0.979. The normalized spacial score (nSPS) is 19.8. The number of carbonyl (C=O) groups is 3. The number of imide groups is 1. The van der Waals surface area contributed by atoms with Gasteiger partial charge >= 0.3 is 6.03 Å². The third-order valence-corrected chi connectivity index (χ3v) is 4.43. The van der Waals surface area contributed by atoms with Gasteiger partial charge in [0.15, 0.2) is 0 Å². The van der Waals surface area contributed by atoms with Crippen LogP contribution in [0.15, 0.2) is 42.5 Å². The van der Waals surface area contributed by atoms with E-state index < -0.39 is 23.4 Å². The van der Waals surface area contributed by atoms with Gasteiger partial charge in [0.1, 0.15) is 5.54 Å². The van der Waals surface area contributed by atoms with E-state index in [2.05, 4.69) is 16.1 Å². The Kier molecular flexibility index (Phi) is 4.31. The fraction of sp³-hybridized carbons (Fsp3) is 0.278. The molecule has 0 bridgehead atoms. The van der Waals surface area contributed by atoms with Crippen molar-refractivity contribution in [1.82, 2.24) is 15.8 Å². The van der Waals surface area contributed by atoms with Crippen LogP contribution in [0.5, 0.6) is 0 Å². The minimum absolute atomic E-state index is 0.0616. The Morgan fingerprint density at radius 3 is 2.60 bits per heavy atom. The molecule has 7 heteroatoms. The van der Waals surface area contributed by atoms with Crippen molar-refractivity contribution in [2.24, 2.45) is 0 Å². The summed E-state index contributed by atoms with van der Waals surface area (Å²) in [6, 6.07) is 12.9. The molecule has 0 spiro atoms. The number of nitrogens with one attached hydrogen (secondary N) is 3. The lowest BCUT2D eigenvalue weighted by Gasteiger charge is -2.19. The Morgan fingerprint density at radius 1 is 1.16 bits per heavy atom. The molecule has 1 fully saturated rings. The third kappa shape index (κ3) is 3.13. The molecule has 2 aromatic carbocycles. The van der Waals surface area contributed by atoms with E-state index in [1.54, 1.807) is 13.8 Å². The predicted molar refractivity (Wildman–Crippen MR) is 94.7 cm³/mol. The summed E-state index contributed by atoms with van der Waals surface area (Å²) >= 11 is 0. The first-order chi connectivity index (χ1) is 11.9. The molecule has 0 aliphatic carbocycles. The van der Waals surface area contributed by atoms with Gasteiger partial charge in [-0.2, -0.15) is 5.01 Å². The summed E-state index contributed by atoms with van der Waals surface area (Å²) in [6.07, 6.45) is 0.443. The van der Waals surface area contributed by atoms with Crippen molar-refractivity contribution in [3.05, 3.63) is 42.5 Å². The van der Waals surface area contributed by atoms with E-state index in [-0.39, 0.29) is 6.54 Å². The summed E-state index contributed by atoms with van der Waals surface area (Å²) in [5.74, 6) is -0.935. The van der Waals surface area contributed by atoms with E-state index in [0.717, 1.165) is 21.5 Å². The van der Waals surface area contributed by atoms with Crippen molar-refractivity contribution in [3.63, 3.8) is 0 Å². The molecule has 4 amide bonds. The summed E-state index contributed by atoms with van der Waals surface area (Å²) in [7, 11) is 0. The highest BCUT2D eigenvalue weighted by Crippen LogP contribution is 2.23. The first-order valence-corrected chi connectivity index (χ1v) is 8.12. The SMILES string of the molecule is CC[C@]1(C)NC(=O)N(NC(=O)CNc2cccc3ccccc23)C1=O. The summed E-state index contributed by atoms with van der Waals surface area (Å²) in [6.45, 7) is 3.37. The number of hydrazine groups is 1. The van der Waals surface area contributed by atoms with Gasteiger partial charge in [0.05, 0.1) is 6.54 Å². The van der Waals surface area contributed by atoms with Crippen LogP contribution in [0.2, 0.25) is 0 Å². The molecule has 0 saturated carbocycles. The standard InChI is InChI=1S/C18H20N4O3/c1-3-18(2)16(24)22(17(25)20-18)21-15(23)11-19-14-10-6-8-12-7-4-5-9-13(12)14/h4-10,19H,3,11H2,1-2H3,(H,20,25)(H,21,23)/t18-/m0/s1. The van der Waals surface area contributed by atoms with Gasteiger partial charge in [-0.25, -0.2) is 4.79 Å². The van der Waals surface area contributed by atoms with Gasteiger partial charge in [0.2, 0.25) is 0 Å². The molecule has 25 heavy (non-hydrogen) atoms. The van der Waals surface area contributed by atoms with Crippen molar-refractivity contribution in [3.8, 4) is 0 Å². The molecule has 1 aliphatic heterocycles. The molecular weight excluding hydrogens is 320 g/mol. The number of fused-ring (bicyclic) bond motifs is 1. The average molecular weight is 340 g/mol. The molecule has 7 nitrogen and oxygen atoms in total. The van der Waals surface area contributed by atoms with Crippen molar-refractivity contribution < 1.29 is 14.4 Å². The van der Waals surface area contributed by atoms with Crippen LogP contribution in [0.1, 0.15) is 20.3 Å². The summed E-state index contributed by atoms with van der Waals surface area (Å²) in [5.41, 5.74) is 2.19. The Balaban J connectivity index is 1.65. The van der Waals surface area contributed by atoms with E-state index in [1.807, 2.05) is 42.5 Å². The predicted octanol–water partition coefficient (Wildman–Crippen LogP) is 2.00. The van der Waals surface area contributed by atoms with Crippen molar-refractivity contribution in [2.75, 3.05) is 11.9 Å². The van der Waals surface area contributed by atoms with Gasteiger partial charge in [-0.3, -0.25) is 15.0 Å². The van der Waals surface area contributed by atoms with Crippen LogP contribution in [0, 0.1) is 0 Å². The van der Waals surface area contributed by atoms with E-state index >= 15 is 0 Å². The number of nitrogens with zero attached hydrogens (tertiary/aromatic N) is 1. The fourth-order valence-corrected chi connectivity index (χ4v) is 2.74. The van der Waals surface area contributed by atoms with Crippen LogP contribution in [0.4, 0.5) is 10.5 Å². The largest absolute Gasteiger partial charge is 0.376 e. The lowest BCUT2D eigenvalue weighted by Crippen LogP contribution is -2.50. The zero-order valence-electron chi connectivity index (χ0n) is 14.1. The summed E-state index contributed by atoms with van der Waals surface area (Å²) < 4.78 is 0. The quantitative estimate of drug-likeness (QED) is 0.726. The first-order valence-electron chi connectivity index (χ1n) is 8.12. The van der Waals surface area contributed by atoms with Gasteiger partial charge in [-0.15, -0.1) is 0 Å². The lowest BCUT2D eigenvalue weighted by atomic mass is 10.00. The fourth-order valence-electron chi connectivity index (χ4n) is 2.74. The summed E-state index contributed by atoms with van der Waals surface area (Å²) in [5, 5.41) is 8.42. The number of hydrogen-bond acceptors (Lipinski definition) is 4. The maximum atomic E-state index is 12.3. The van der Waals surface area contributed by atoms with Crippen LogP contribution < -0.4 is 16.1 Å². The van der Waals surface area contributed by atoms with Crippen molar-refractivity contribution in [2.45, 2.75) is 25.8 Å². The second kappa shape index (κ2) is 6.43. The Morgan fingerprint density at radius 2 is 1.88 bits per heavy atom. The van der Waals surface area contributed by atoms with Crippen molar-refractivity contribution >= 4 is 34.3 Å². The molecule has 2 aromatic rings. The number of urea groups is 1. The molecular formula is C18H20N4O3. The molecule has 1 atom stereocenters. The molecule has 130 valence electrons. The maximum Gasteiger partial charge on any atom is 0.344 e. The second-order valence-corrected chi connectivity index (χ2v) is 6.17. The monoisotopic (exact) mass is 340 g/mol. The number of rotatable bonds is 5. The van der Waals surface area contributed by atoms with Gasteiger partial charge in [-0.1, -0.05) is 43.3 Å². The second-order valence-electron chi connectivity index (χ2n) is 6.17. The molecule has 3 rings (SSSR count). The van der Waals surface area contributed by atoms with E-state index in [9.17, 15) is 14.4 Å². The van der Waals surface area contributed by atoms with Crippen LogP contribution in [-0.2, 0) is 9.59 Å². The van der Waals surface area contributed by atoms with Crippen LogP contribution in [0.3, 0.4) is 0 Å². The average Bonchev–Trinajstić information content (AvgIpc) is 2.83. The molecule has 1 aliphatic rings. The summed E-state index contributed by atoms with van der Waals surface area (Å²) in [4.78, 5) is 36.3. The third-order valence-electron chi connectivity index (χ3n) is 4.43. The van der Waals surface area contributed by atoms with Crippen molar-refractivity contribution in [1.29, 1.82) is 0 Å². The highest BCUT2D eigenvalue weighted by molar-refractivity contribution is 6.07. The lowest BCUT2D eigenvalue weighted by molar-refractivity contribution is -0.138. The van der Waals surface area contributed by atoms with Gasteiger partial charge in [-0.05, 0) is 24.8 Å². The Bertz CT molecular complexity index is 846. The zero-order valence-corrected chi connectivity index (χ0v) is 14.1. The van der Waals surface area contributed by atoms with Crippen LogP contribution >= 0.6 is 0 Å². The first kappa shape index (κ1) is 16.8. The molecule has 0 radical (unpaired) electrons. The molecule has 0 aromatic heterocycles. The van der Waals surface area contributed by atoms with Gasteiger partial charge in [0.25, 0.3) is 11.8 Å². The number of hydrogen-bond donors (Lipinski definition) is 3. The Labute approximate surface area is 145 Å². The van der Waals surface area contributed by atoms with E-state index in [4.69, 9.17) is 0 Å². The highest BCUT2D eigenvalue weighted by atomic mass is 16.2. The van der Waals surface area contributed by atoms with E-state index in [0.29, 0.717) is 6.42 Å². The van der Waals surface area contributed by atoms with Crippen LogP contribution in [0.25, 0.3) is 10.8 Å². The molecule has 0 unspecified atom stereocenters. The number of amides is 4. The smallest absolute Gasteiger partial charge is 0.344 e. The van der Waals surface area contributed by atoms with Gasteiger partial charge < -0.3 is 10.6 Å². The highest BCUT2D eigenvalue weighted by Gasteiger charge is 2.47. The molecule has 3 N–H and O–H groups in total. The van der Waals surface area contributed by atoms with Crippen LogP contribution in [-0.4, -0.2) is 34.9 Å². The maximum absolute atomic E-state index is 12.3. The van der Waals surface area contributed by atoms with E-state index in [1.165, 1.54) is 0 Å². The minimum Gasteiger partial charge on any atom is -0.376 e. The topological polar surface area (TPSA) is 90.5 Å². The Hall–Kier alpha value is -3.09.